The van der Waals surface area contributed by atoms with E-state index in [2.05, 4.69) is 77.7 Å². The Bertz CT molecular complexity index is 689. The molecule has 0 radical (unpaired) electrons. The molecule has 2 N–H and O–H groups in total. The van der Waals surface area contributed by atoms with Crippen LogP contribution in [-0.4, -0.2) is 44.8 Å². The summed E-state index contributed by atoms with van der Waals surface area (Å²) in [5, 5.41) is 7.01. The lowest BCUT2D eigenvalue weighted by atomic mass is 9.56. The van der Waals surface area contributed by atoms with E-state index >= 15 is 0 Å². The minimum absolute atomic E-state index is 0.0576. The maximum Gasteiger partial charge on any atom is 0.191 e. The van der Waals surface area contributed by atoms with Gasteiger partial charge in [0, 0.05) is 50.9 Å². The van der Waals surface area contributed by atoms with Crippen LogP contribution in [0.5, 0.6) is 0 Å². The lowest BCUT2D eigenvalue weighted by molar-refractivity contribution is -0.176. The molecule has 1 saturated carbocycles. The predicted octanol–water partition coefficient (Wildman–Crippen LogP) is 2.93. The van der Waals surface area contributed by atoms with Crippen LogP contribution in [0.3, 0.4) is 0 Å². The third kappa shape index (κ3) is 3.45. The second-order valence-electron chi connectivity index (χ2n) is 8.03. The molecule has 1 aromatic rings. The van der Waals surface area contributed by atoms with Gasteiger partial charge < -0.3 is 20.3 Å². The van der Waals surface area contributed by atoms with Gasteiger partial charge in [-0.15, -0.1) is 0 Å². The van der Waals surface area contributed by atoms with Crippen LogP contribution in [0.4, 0.5) is 5.69 Å². The van der Waals surface area contributed by atoms with E-state index in [0.29, 0.717) is 6.04 Å². The third-order valence-electron chi connectivity index (χ3n) is 6.37. The van der Waals surface area contributed by atoms with Crippen LogP contribution in [0.1, 0.15) is 32.8 Å². The van der Waals surface area contributed by atoms with E-state index in [1.165, 1.54) is 11.3 Å². The molecule has 0 spiro atoms. The summed E-state index contributed by atoms with van der Waals surface area (Å²) < 4.78 is 5.72. The summed E-state index contributed by atoms with van der Waals surface area (Å²) >= 11 is 0. The molecule has 1 heterocycles. The number of aliphatic imine (C=N–C) groups is 1. The van der Waals surface area contributed by atoms with E-state index in [0.717, 1.165) is 32.0 Å². The molecule has 0 aromatic heterocycles. The van der Waals surface area contributed by atoms with Gasteiger partial charge in [0.1, 0.15) is 0 Å². The van der Waals surface area contributed by atoms with Crippen LogP contribution < -0.4 is 15.5 Å². The summed E-state index contributed by atoms with van der Waals surface area (Å²) in [5.41, 5.74) is 2.50. The normalized spacial score (nSPS) is 27.3. The largest absolute Gasteiger partial charge is 0.378 e. The first-order valence-electron chi connectivity index (χ1n) is 9.41. The van der Waals surface area contributed by atoms with Crippen molar-refractivity contribution >= 4 is 11.6 Å². The van der Waals surface area contributed by atoms with Crippen LogP contribution in [0.15, 0.2) is 41.4 Å². The molecule has 0 saturated heterocycles. The first-order valence-corrected chi connectivity index (χ1v) is 9.41. The van der Waals surface area contributed by atoms with E-state index in [-0.39, 0.29) is 11.0 Å². The quantitative estimate of drug-likeness (QED) is 0.484. The van der Waals surface area contributed by atoms with Gasteiger partial charge in [0.15, 0.2) is 5.96 Å². The third-order valence-corrected chi connectivity index (χ3v) is 6.37. The highest BCUT2D eigenvalue weighted by molar-refractivity contribution is 5.80. The Kier molecular flexibility index (Phi) is 5.28. The average Bonchev–Trinajstić information content (AvgIpc) is 3.19. The number of nitrogens with one attached hydrogen (secondary N) is 2. The lowest BCUT2D eigenvalue weighted by Gasteiger charge is -2.59. The Morgan fingerprint density at radius 2 is 2.00 bits per heavy atom. The smallest absolute Gasteiger partial charge is 0.191 e. The number of nitrogens with zero attached hydrogens (tertiary/aromatic N) is 2. The summed E-state index contributed by atoms with van der Waals surface area (Å²) in [4.78, 5) is 6.76. The van der Waals surface area contributed by atoms with Crippen molar-refractivity contribution < 1.29 is 4.74 Å². The number of guanidine groups is 1. The fourth-order valence-corrected chi connectivity index (χ4v) is 3.82. The molecule has 2 atom stereocenters. The second-order valence-corrected chi connectivity index (χ2v) is 8.03. The van der Waals surface area contributed by atoms with E-state index < -0.39 is 0 Å². The Labute approximate surface area is 157 Å². The van der Waals surface area contributed by atoms with Crippen molar-refractivity contribution in [1.29, 1.82) is 0 Å². The van der Waals surface area contributed by atoms with Gasteiger partial charge in [-0.2, -0.15) is 0 Å². The number of ether oxygens (including phenoxy) is 1. The zero-order valence-electron chi connectivity index (χ0n) is 16.7. The van der Waals surface area contributed by atoms with E-state index in [9.17, 15) is 0 Å². The molecule has 5 heteroatoms. The summed E-state index contributed by atoms with van der Waals surface area (Å²) in [6, 6.07) is 9.05. The van der Waals surface area contributed by atoms with Crippen molar-refractivity contribution in [3.8, 4) is 0 Å². The Morgan fingerprint density at radius 3 is 2.62 bits per heavy atom. The van der Waals surface area contributed by atoms with Crippen molar-refractivity contribution in [2.75, 3.05) is 32.1 Å². The van der Waals surface area contributed by atoms with E-state index in [4.69, 9.17) is 4.74 Å². The van der Waals surface area contributed by atoms with E-state index in [1.54, 1.807) is 7.11 Å². The van der Waals surface area contributed by atoms with Crippen LogP contribution >= 0.6 is 0 Å². The van der Waals surface area contributed by atoms with Crippen LogP contribution in [0.2, 0.25) is 0 Å². The van der Waals surface area contributed by atoms with Crippen molar-refractivity contribution in [1.82, 2.24) is 10.6 Å². The molecule has 0 bridgehead atoms. The van der Waals surface area contributed by atoms with Gasteiger partial charge in [-0.25, -0.2) is 0 Å². The van der Waals surface area contributed by atoms with Crippen LogP contribution in [-0.2, 0) is 11.3 Å². The Hall–Kier alpha value is -2.01. The van der Waals surface area contributed by atoms with Gasteiger partial charge in [0.2, 0.25) is 0 Å². The van der Waals surface area contributed by atoms with Crippen molar-refractivity contribution in [2.24, 2.45) is 10.4 Å². The first-order chi connectivity index (χ1) is 12.4. The topological polar surface area (TPSA) is 48.9 Å². The molecular weight excluding hydrogens is 324 g/mol. The van der Waals surface area contributed by atoms with Gasteiger partial charge in [0.25, 0.3) is 0 Å². The fourth-order valence-electron chi connectivity index (χ4n) is 3.82. The highest BCUT2D eigenvalue weighted by Gasteiger charge is 2.58. The van der Waals surface area contributed by atoms with Crippen LogP contribution in [0.25, 0.3) is 0 Å². The zero-order valence-corrected chi connectivity index (χ0v) is 16.7. The SMILES string of the molecule is CN=C(NCc1cccc(N2CC=CC2)c1)NC1CC(C)(OC)C1(C)C. The Morgan fingerprint density at radius 1 is 1.27 bits per heavy atom. The predicted molar refractivity (Wildman–Crippen MR) is 109 cm³/mol. The highest BCUT2D eigenvalue weighted by atomic mass is 16.5. The second kappa shape index (κ2) is 7.31. The number of hydrogen-bond acceptors (Lipinski definition) is 3. The zero-order chi connectivity index (χ0) is 18.8. The summed E-state index contributed by atoms with van der Waals surface area (Å²) in [6.07, 6.45) is 5.41. The minimum atomic E-state index is -0.0817. The highest BCUT2D eigenvalue weighted by Crippen LogP contribution is 2.51. The van der Waals surface area contributed by atoms with Gasteiger partial charge in [-0.05, 0) is 31.0 Å². The fraction of sp³-hybridized carbons (Fsp3) is 0.571. The number of methoxy groups -OCH3 is 1. The Balaban J connectivity index is 1.56. The molecule has 1 aromatic carbocycles. The van der Waals surface area contributed by atoms with Gasteiger partial charge in [-0.3, -0.25) is 4.99 Å². The number of rotatable bonds is 5. The average molecular weight is 357 g/mol. The molecular formula is C21H32N4O. The molecule has 0 amide bonds. The molecule has 5 nitrogen and oxygen atoms in total. The maximum absolute atomic E-state index is 5.72. The summed E-state index contributed by atoms with van der Waals surface area (Å²) in [7, 11) is 3.62. The van der Waals surface area contributed by atoms with Gasteiger partial charge in [-0.1, -0.05) is 38.1 Å². The molecule has 1 fully saturated rings. The van der Waals surface area contributed by atoms with Crippen LogP contribution in [0, 0.1) is 5.41 Å². The lowest BCUT2D eigenvalue weighted by Crippen LogP contribution is -2.69. The maximum atomic E-state index is 5.72. The molecule has 1 aliphatic heterocycles. The summed E-state index contributed by atoms with van der Waals surface area (Å²) in [6.45, 7) is 9.42. The monoisotopic (exact) mass is 356 g/mol. The standard InChI is InChI=1S/C21H32N4O/c1-20(2)18(14-21(20,3)26-5)24-19(22-4)23-15-16-9-8-10-17(13-16)25-11-6-7-12-25/h6-10,13,18H,11-12,14-15H2,1-5H3,(H2,22,23,24). The van der Waals surface area contributed by atoms with Gasteiger partial charge >= 0.3 is 0 Å². The van der Waals surface area contributed by atoms with Crippen molar-refractivity contribution in [3.05, 3.63) is 42.0 Å². The molecule has 3 rings (SSSR count). The summed E-state index contributed by atoms with van der Waals surface area (Å²) in [5.74, 6) is 0.842. The van der Waals surface area contributed by atoms with E-state index in [1.807, 2.05) is 7.05 Å². The van der Waals surface area contributed by atoms with Gasteiger partial charge in [0.05, 0.1) is 5.60 Å². The first kappa shape index (κ1) is 18.8. The number of hydrogen-bond donors (Lipinski definition) is 2. The molecule has 1 aliphatic carbocycles. The molecule has 142 valence electrons. The number of benzene rings is 1. The molecule has 2 unspecified atom stereocenters. The van der Waals surface area contributed by atoms with Crippen molar-refractivity contribution in [2.45, 2.75) is 45.4 Å². The van der Waals surface area contributed by atoms with Crippen molar-refractivity contribution in [3.63, 3.8) is 0 Å². The molecule has 26 heavy (non-hydrogen) atoms. The minimum Gasteiger partial charge on any atom is -0.378 e. The number of anilines is 1. The molecule has 2 aliphatic rings.